The molecule has 2 heterocycles. The van der Waals surface area contributed by atoms with Crippen LogP contribution < -0.4 is 10.7 Å². The number of aromatic nitrogens is 2. The molecule has 0 spiro atoms. The van der Waals surface area contributed by atoms with E-state index in [9.17, 15) is 22.4 Å². The van der Waals surface area contributed by atoms with Gasteiger partial charge in [-0.2, -0.15) is 0 Å². The summed E-state index contributed by atoms with van der Waals surface area (Å²) < 4.78 is 37.3. The Morgan fingerprint density at radius 2 is 1.83 bits per heavy atom. The van der Waals surface area contributed by atoms with Gasteiger partial charge in [-0.05, 0) is 30.3 Å². The number of primary sulfonamides is 1. The van der Waals surface area contributed by atoms with Gasteiger partial charge in [0.1, 0.15) is 5.82 Å². The molecule has 2 N–H and O–H groups in total. The van der Waals surface area contributed by atoms with E-state index in [1.54, 1.807) is 0 Å². The van der Waals surface area contributed by atoms with Gasteiger partial charge < -0.3 is 0 Å². The fourth-order valence-corrected chi connectivity index (χ4v) is 3.26. The molecule has 0 fully saturated rings. The van der Waals surface area contributed by atoms with Crippen molar-refractivity contribution in [1.29, 1.82) is 0 Å². The zero-order valence-electron chi connectivity index (χ0n) is 11.9. The van der Waals surface area contributed by atoms with E-state index in [1.807, 2.05) is 0 Å². The Balaban J connectivity index is 2.09. The number of benzene rings is 2. The molecule has 1 aliphatic rings. The molecule has 2 aromatic carbocycles. The van der Waals surface area contributed by atoms with E-state index < -0.39 is 27.2 Å². The SMILES string of the molecule is NS(=O)(=O)c1ccc2c(c1)C(=O)c1nc3cc(F)ccc3c(=O)n1-2. The summed E-state index contributed by atoms with van der Waals surface area (Å²) in [5.74, 6) is -1.41. The predicted molar refractivity (Wildman–Crippen MR) is 82.1 cm³/mol. The fourth-order valence-electron chi connectivity index (χ4n) is 2.72. The summed E-state index contributed by atoms with van der Waals surface area (Å²) in [4.78, 5) is 28.9. The molecular weight excluding hydrogens is 337 g/mol. The van der Waals surface area contributed by atoms with Crippen LogP contribution in [0, 0.1) is 5.82 Å². The minimum Gasteiger partial charge on any atom is -0.285 e. The molecular formula is C15H8FN3O4S. The van der Waals surface area contributed by atoms with Crippen molar-refractivity contribution in [1.82, 2.24) is 9.55 Å². The van der Waals surface area contributed by atoms with E-state index in [2.05, 4.69) is 4.98 Å². The molecule has 1 aliphatic heterocycles. The maximum atomic E-state index is 13.4. The number of hydrogen-bond acceptors (Lipinski definition) is 5. The van der Waals surface area contributed by atoms with E-state index in [-0.39, 0.29) is 32.9 Å². The van der Waals surface area contributed by atoms with Crippen LogP contribution in [0.4, 0.5) is 4.39 Å². The molecule has 0 aliphatic carbocycles. The molecule has 0 amide bonds. The van der Waals surface area contributed by atoms with Crippen LogP contribution in [0.15, 0.2) is 46.1 Å². The van der Waals surface area contributed by atoms with E-state index in [0.717, 1.165) is 22.8 Å². The van der Waals surface area contributed by atoms with Crippen LogP contribution in [-0.2, 0) is 10.0 Å². The van der Waals surface area contributed by atoms with Crippen LogP contribution in [-0.4, -0.2) is 23.8 Å². The second-order valence-corrected chi connectivity index (χ2v) is 6.85. The summed E-state index contributed by atoms with van der Waals surface area (Å²) in [7, 11) is -4.00. The van der Waals surface area contributed by atoms with Gasteiger partial charge >= 0.3 is 0 Å². The molecule has 1 aromatic heterocycles. The van der Waals surface area contributed by atoms with E-state index in [0.29, 0.717) is 0 Å². The van der Waals surface area contributed by atoms with Crippen molar-refractivity contribution in [2.24, 2.45) is 5.14 Å². The van der Waals surface area contributed by atoms with Crippen LogP contribution >= 0.6 is 0 Å². The van der Waals surface area contributed by atoms with E-state index >= 15 is 0 Å². The summed E-state index contributed by atoms with van der Waals surface area (Å²) >= 11 is 0. The zero-order valence-corrected chi connectivity index (χ0v) is 12.7. The van der Waals surface area contributed by atoms with Crippen molar-refractivity contribution >= 4 is 26.7 Å². The van der Waals surface area contributed by atoms with Crippen LogP contribution in [0.3, 0.4) is 0 Å². The van der Waals surface area contributed by atoms with Gasteiger partial charge in [-0.15, -0.1) is 0 Å². The first-order valence-corrected chi connectivity index (χ1v) is 8.26. The van der Waals surface area contributed by atoms with Gasteiger partial charge in [0, 0.05) is 6.07 Å². The van der Waals surface area contributed by atoms with Crippen molar-refractivity contribution in [3.05, 3.63) is 64.0 Å². The highest BCUT2D eigenvalue weighted by atomic mass is 32.2. The molecule has 24 heavy (non-hydrogen) atoms. The first kappa shape index (κ1) is 14.7. The third-order valence-electron chi connectivity index (χ3n) is 3.82. The first-order valence-electron chi connectivity index (χ1n) is 6.71. The standard InChI is InChI=1S/C15H8FN3O4S/c16-7-1-3-9-11(5-7)18-14-13(20)10-6-8(24(17,22)23)2-4-12(10)19(14)15(9)21/h1-6H,(H2,17,22,23). The van der Waals surface area contributed by atoms with Gasteiger partial charge in [-0.1, -0.05) is 0 Å². The Morgan fingerprint density at radius 3 is 2.54 bits per heavy atom. The summed E-state index contributed by atoms with van der Waals surface area (Å²) in [6.07, 6.45) is 0. The van der Waals surface area contributed by atoms with E-state index in [1.165, 1.54) is 18.2 Å². The van der Waals surface area contributed by atoms with Gasteiger partial charge in [0.15, 0.2) is 5.82 Å². The number of nitrogens with zero attached hydrogens (tertiary/aromatic N) is 2. The lowest BCUT2D eigenvalue weighted by Crippen LogP contribution is -2.21. The lowest BCUT2D eigenvalue weighted by Gasteiger charge is -2.06. The normalized spacial score (nSPS) is 13.2. The Morgan fingerprint density at radius 1 is 1.08 bits per heavy atom. The Kier molecular flexibility index (Phi) is 2.78. The Hall–Kier alpha value is -2.91. The maximum Gasteiger partial charge on any atom is 0.266 e. The number of halogens is 1. The molecule has 0 unspecified atom stereocenters. The quantitative estimate of drug-likeness (QED) is 0.546. The molecule has 0 atom stereocenters. The minimum absolute atomic E-state index is 0.00176. The van der Waals surface area contributed by atoms with E-state index in [4.69, 9.17) is 5.14 Å². The summed E-state index contributed by atoms with van der Waals surface area (Å²) in [5.41, 5.74) is -0.266. The van der Waals surface area contributed by atoms with Crippen molar-refractivity contribution in [2.75, 3.05) is 0 Å². The van der Waals surface area contributed by atoms with Crippen molar-refractivity contribution in [3.8, 4) is 5.69 Å². The lowest BCUT2D eigenvalue weighted by atomic mass is 10.1. The Labute approximate surface area is 134 Å². The largest absolute Gasteiger partial charge is 0.285 e. The summed E-state index contributed by atoms with van der Waals surface area (Å²) in [5, 5.41) is 5.21. The second kappa shape index (κ2) is 4.56. The summed E-state index contributed by atoms with van der Waals surface area (Å²) in [6.45, 7) is 0. The number of fused-ring (bicyclic) bond motifs is 4. The second-order valence-electron chi connectivity index (χ2n) is 5.29. The zero-order chi connectivity index (χ0) is 17.2. The number of hydrogen-bond donors (Lipinski definition) is 1. The molecule has 3 aromatic rings. The molecule has 4 rings (SSSR count). The first-order chi connectivity index (χ1) is 11.3. The molecule has 0 saturated heterocycles. The number of nitrogens with two attached hydrogens (primary N) is 1. The summed E-state index contributed by atoms with van der Waals surface area (Å²) in [6, 6.07) is 7.10. The van der Waals surface area contributed by atoms with Gasteiger partial charge in [-0.25, -0.2) is 22.9 Å². The fraction of sp³-hybridized carbons (Fsp3) is 0. The average Bonchev–Trinajstić information content (AvgIpc) is 2.79. The van der Waals surface area contributed by atoms with Crippen molar-refractivity contribution in [3.63, 3.8) is 0 Å². The highest BCUT2D eigenvalue weighted by molar-refractivity contribution is 7.89. The highest BCUT2D eigenvalue weighted by Crippen LogP contribution is 2.28. The number of sulfonamides is 1. The van der Waals surface area contributed by atoms with Gasteiger partial charge in [0.2, 0.25) is 15.8 Å². The number of rotatable bonds is 1. The number of carbonyl (C=O) groups is 1. The third kappa shape index (κ3) is 1.92. The predicted octanol–water partition coefficient (Wildman–Crippen LogP) is 0.717. The van der Waals surface area contributed by atoms with Gasteiger partial charge in [-0.3, -0.25) is 14.2 Å². The topological polar surface area (TPSA) is 112 Å². The lowest BCUT2D eigenvalue weighted by molar-refractivity contribution is 0.103. The molecule has 9 heteroatoms. The molecule has 0 saturated carbocycles. The number of ketones is 1. The minimum atomic E-state index is -4.00. The van der Waals surface area contributed by atoms with Crippen LogP contribution in [0.1, 0.15) is 16.2 Å². The highest BCUT2D eigenvalue weighted by Gasteiger charge is 2.31. The van der Waals surface area contributed by atoms with Crippen LogP contribution in [0.2, 0.25) is 0 Å². The smallest absolute Gasteiger partial charge is 0.266 e. The Bertz CT molecular complexity index is 1230. The number of carbonyl (C=O) groups excluding carboxylic acids is 1. The average molecular weight is 345 g/mol. The van der Waals surface area contributed by atoms with Crippen LogP contribution in [0.25, 0.3) is 16.6 Å². The van der Waals surface area contributed by atoms with Crippen molar-refractivity contribution < 1.29 is 17.6 Å². The molecule has 120 valence electrons. The third-order valence-corrected chi connectivity index (χ3v) is 4.73. The molecule has 0 radical (unpaired) electrons. The van der Waals surface area contributed by atoms with Gasteiger partial charge in [0.25, 0.3) is 5.56 Å². The molecule has 7 nitrogen and oxygen atoms in total. The monoisotopic (exact) mass is 345 g/mol. The van der Waals surface area contributed by atoms with Crippen molar-refractivity contribution in [2.45, 2.75) is 4.90 Å². The van der Waals surface area contributed by atoms with Crippen LogP contribution in [0.5, 0.6) is 0 Å². The molecule has 0 bridgehead atoms. The maximum absolute atomic E-state index is 13.4. The van der Waals surface area contributed by atoms with Gasteiger partial charge in [0.05, 0.1) is 27.0 Å².